The first-order valence-corrected chi connectivity index (χ1v) is 3.64. The summed E-state index contributed by atoms with van der Waals surface area (Å²) in [6.45, 7) is 0. The summed E-state index contributed by atoms with van der Waals surface area (Å²) < 4.78 is 0. The van der Waals surface area contributed by atoms with E-state index < -0.39 is 6.10 Å². The average molecular weight is 159 g/mol. The first-order valence-electron chi connectivity index (χ1n) is 3.64. The molecule has 0 aromatic heterocycles. The van der Waals surface area contributed by atoms with Crippen molar-refractivity contribution in [2.24, 2.45) is 0 Å². The van der Waals surface area contributed by atoms with Gasteiger partial charge in [-0.25, -0.2) is 0 Å². The fraction of sp³-hybridized carbons (Fsp3) is 0.100. The minimum absolute atomic E-state index is 0.979. The normalized spacial score (nSPS) is 12.7. The Morgan fingerprint density at radius 3 is 2.58 bits per heavy atom. The summed E-state index contributed by atoms with van der Waals surface area (Å²) in [6.07, 6.45) is 2.16. The molecular formula is C10H9NO. The summed E-state index contributed by atoms with van der Waals surface area (Å²) in [5.74, 6) is 0. The third-order valence-corrected chi connectivity index (χ3v) is 1.40. The van der Waals surface area contributed by atoms with Crippen molar-refractivity contribution in [2.75, 3.05) is 0 Å². The molecule has 0 saturated carbocycles. The van der Waals surface area contributed by atoms with E-state index in [0.717, 1.165) is 5.56 Å². The zero-order valence-corrected chi connectivity index (χ0v) is 6.51. The summed E-state index contributed by atoms with van der Waals surface area (Å²) in [6, 6.07) is 11.2. The first kappa shape index (κ1) is 8.51. The third-order valence-electron chi connectivity index (χ3n) is 1.40. The van der Waals surface area contributed by atoms with Crippen molar-refractivity contribution in [1.29, 1.82) is 5.26 Å². The monoisotopic (exact) mass is 159 g/mol. The molecule has 0 aliphatic carbocycles. The third kappa shape index (κ3) is 2.57. The molecular weight excluding hydrogens is 150 g/mol. The Labute approximate surface area is 71.4 Å². The molecule has 0 aliphatic heterocycles. The van der Waals surface area contributed by atoms with E-state index >= 15 is 0 Å². The van der Waals surface area contributed by atoms with E-state index in [1.165, 1.54) is 6.08 Å². The van der Waals surface area contributed by atoms with Crippen molar-refractivity contribution in [2.45, 2.75) is 6.10 Å². The van der Waals surface area contributed by atoms with Gasteiger partial charge in [-0.2, -0.15) is 5.26 Å². The lowest BCUT2D eigenvalue weighted by molar-refractivity contribution is 0.279. The van der Waals surface area contributed by atoms with Gasteiger partial charge in [-0.3, -0.25) is 0 Å². The van der Waals surface area contributed by atoms with Crippen LogP contribution in [-0.4, -0.2) is 11.2 Å². The van der Waals surface area contributed by atoms with E-state index in [4.69, 9.17) is 10.4 Å². The second-order valence-corrected chi connectivity index (χ2v) is 2.34. The maximum absolute atomic E-state index is 8.87. The van der Waals surface area contributed by atoms with Crippen LogP contribution in [0.5, 0.6) is 0 Å². The van der Waals surface area contributed by atoms with Crippen molar-refractivity contribution in [1.82, 2.24) is 0 Å². The van der Waals surface area contributed by atoms with Crippen LogP contribution < -0.4 is 0 Å². The van der Waals surface area contributed by atoms with Crippen LogP contribution in [0.3, 0.4) is 0 Å². The molecule has 1 rings (SSSR count). The maximum Gasteiger partial charge on any atom is 0.159 e. The van der Waals surface area contributed by atoms with Crippen LogP contribution in [0.15, 0.2) is 36.4 Å². The van der Waals surface area contributed by atoms with E-state index in [2.05, 4.69) is 0 Å². The Morgan fingerprint density at radius 2 is 2.00 bits per heavy atom. The lowest BCUT2D eigenvalue weighted by atomic mass is 10.2. The van der Waals surface area contributed by atoms with Gasteiger partial charge < -0.3 is 5.11 Å². The zero-order valence-electron chi connectivity index (χ0n) is 6.51. The molecule has 0 radical (unpaired) electrons. The number of nitriles is 1. The first-order chi connectivity index (χ1) is 5.83. The fourth-order valence-corrected chi connectivity index (χ4v) is 0.809. The summed E-state index contributed by atoms with van der Waals surface area (Å²) in [5.41, 5.74) is 0.979. The SMILES string of the molecule is N#C[C@@H](O)/C=C/c1ccccc1. The van der Waals surface area contributed by atoms with Crippen molar-refractivity contribution < 1.29 is 5.11 Å². The molecule has 2 nitrogen and oxygen atoms in total. The Hall–Kier alpha value is -1.59. The number of hydrogen-bond acceptors (Lipinski definition) is 2. The molecule has 1 aromatic rings. The van der Waals surface area contributed by atoms with Crippen molar-refractivity contribution in [3.63, 3.8) is 0 Å². The van der Waals surface area contributed by atoms with E-state index in [-0.39, 0.29) is 0 Å². The molecule has 0 amide bonds. The van der Waals surface area contributed by atoms with E-state index in [1.54, 1.807) is 12.1 Å². The minimum Gasteiger partial charge on any atom is -0.374 e. The van der Waals surface area contributed by atoms with E-state index in [1.807, 2.05) is 30.3 Å². The molecule has 0 fully saturated rings. The van der Waals surface area contributed by atoms with Gasteiger partial charge in [0.1, 0.15) is 0 Å². The number of nitrogens with zero attached hydrogens (tertiary/aromatic N) is 1. The maximum atomic E-state index is 8.87. The highest BCUT2D eigenvalue weighted by Crippen LogP contribution is 2.01. The summed E-state index contributed by atoms with van der Waals surface area (Å²) in [5, 5.41) is 17.1. The van der Waals surface area contributed by atoms with Gasteiger partial charge in [0.2, 0.25) is 0 Å². The molecule has 1 N–H and O–H groups in total. The number of benzene rings is 1. The zero-order chi connectivity index (χ0) is 8.81. The van der Waals surface area contributed by atoms with Gasteiger partial charge in [-0.1, -0.05) is 36.4 Å². The van der Waals surface area contributed by atoms with Gasteiger partial charge in [0.25, 0.3) is 0 Å². The second kappa shape index (κ2) is 4.32. The number of aliphatic hydroxyl groups is 1. The molecule has 1 aromatic carbocycles. The highest BCUT2D eigenvalue weighted by molar-refractivity contribution is 5.49. The van der Waals surface area contributed by atoms with Crippen LogP contribution in [-0.2, 0) is 0 Å². The number of aliphatic hydroxyl groups excluding tert-OH is 1. The van der Waals surface area contributed by atoms with Gasteiger partial charge >= 0.3 is 0 Å². The van der Waals surface area contributed by atoms with E-state index in [0.29, 0.717) is 0 Å². The highest BCUT2D eigenvalue weighted by Gasteiger charge is 1.91. The van der Waals surface area contributed by atoms with E-state index in [9.17, 15) is 0 Å². The highest BCUT2D eigenvalue weighted by atomic mass is 16.3. The van der Waals surface area contributed by atoms with Gasteiger partial charge in [0.15, 0.2) is 6.10 Å². The van der Waals surface area contributed by atoms with Gasteiger partial charge in [0.05, 0.1) is 6.07 Å². The smallest absolute Gasteiger partial charge is 0.159 e. The molecule has 0 spiro atoms. The molecule has 0 unspecified atom stereocenters. The van der Waals surface area contributed by atoms with Crippen LogP contribution in [0.1, 0.15) is 5.56 Å². The standard InChI is InChI=1S/C10H9NO/c11-8-10(12)7-6-9-4-2-1-3-5-9/h1-7,10,12H/b7-6+/t10-/m0/s1. The number of rotatable bonds is 2. The van der Waals surface area contributed by atoms with Gasteiger partial charge in [-0.05, 0) is 11.6 Å². The fourth-order valence-electron chi connectivity index (χ4n) is 0.809. The molecule has 1 atom stereocenters. The van der Waals surface area contributed by atoms with Crippen LogP contribution in [0, 0.1) is 11.3 Å². The lowest BCUT2D eigenvalue weighted by Gasteiger charge is -1.92. The molecule has 0 heterocycles. The van der Waals surface area contributed by atoms with Crippen LogP contribution >= 0.6 is 0 Å². The molecule has 0 aliphatic rings. The predicted molar refractivity (Wildman–Crippen MR) is 47.1 cm³/mol. The Bertz CT molecular complexity index is 297. The molecule has 60 valence electrons. The average Bonchev–Trinajstić information content (AvgIpc) is 2.16. The van der Waals surface area contributed by atoms with Crippen LogP contribution in [0.2, 0.25) is 0 Å². The largest absolute Gasteiger partial charge is 0.374 e. The summed E-state index contributed by atoms with van der Waals surface area (Å²) >= 11 is 0. The van der Waals surface area contributed by atoms with Crippen molar-refractivity contribution >= 4 is 6.08 Å². The molecule has 2 heteroatoms. The molecule has 12 heavy (non-hydrogen) atoms. The Morgan fingerprint density at radius 1 is 1.33 bits per heavy atom. The molecule has 0 bridgehead atoms. The molecule has 0 saturated heterocycles. The van der Waals surface area contributed by atoms with Gasteiger partial charge in [0, 0.05) is 0 Å². The second-order valence-electron chi connectivity index (χ2n) is 2.34. The van der Waals surface area contributed by atoms with Gasteiger partial charge in [-0.15, -0.1) is 0 Å². The quantitative estimate of drug-likeness (QED) is 0.666. The van der Waals surface area contributed by atoms with Crippen molar-refractivity contribution in [3.05, 3.63) is 42.0 Å². The number of hydrogen-bond donors (Lipinski definition) is 1. The van der Waals surface area contributed by atoms with Crippen LogP contribution in [0.4, 0.5) is 0 Å². The topological polar surface area (TPSA) is 44.0 Å². The Kier molecular flexibility index (Phi) is 3.06. The van der Waals surface area contributed by atoms with Crippen LogP contribution in [0.25, 0.3) is 6.08 Å². The Balaban J connectivity index is 2.65. The predicted octanol–water partition coefficient (Wildman–Crippen LogP) is 1.58. The minimum atomic E-state index is -1.01. The summed E-state index contributed by atoms with van der Waals surface area (Å²) in [4.78, 5) is 0. The lowest BCUT2D eigenvalue weighted by Crippen LogP contribution is -1.94. The van der Waals surface area contributed by atoms with Crippen molar-refractivity contribution in [3.8, 4) is 6.07 Å². The summed E-state index contributed by atoms with van der Waals surface area (Å²) in [7, 11) is 0.